The number of carbonyl (C=O) groups is 3. The van der Waals surface area contributed by atoms with E-state index >= 15 is 0 Å². The van der Waals surface area contributed by atoms with Gasteiger partial charge in [0.15, 0.2) is 0 Å². The molecule has 0 saturated heterocycles. The van der Waals surface area contributed by atoms with Crippen molar-refractivity contribution in [2.24, 2.45) is 0 Å². The minimum atomic E-state index is -1.30. The van der Waals surface area contributed by atoms with Gasteiger partial charge in [-0.25, -0.2) is 0 Å². The number of hydrogen-bond acceptors (Lipinski definition) is 3. The molecule has 0 N–H and O–H groups in total. The van der Waals surface area contributed by atoms with Crippen LogP contribution in [0, 0.1) is 0 Å². The number of carbonyl (C=O) groups excluding carboxylic acids is 3. The molecular formula is C20H30N2O3Si. The Kier molecular flexibility index (Phi) is 6.75. The highest BCUT2D eigenvalue weighted by Crippen LogP contribution is 2.22. The Morgan fingerprint density at radius 2 is 1.50 bits per heavy atom. The van der Waals surface area contributed by atoms with Crippen LogP contribution < -0.4 is 0 Å². The lowest BCUT2D eigenvalue weighted by molar-refractivity contribution is -0.128. The number of fused-ring (bicyclic) bond motifs is 1. The van der Waals surface area contributed by atoms with Crippen LogP contribution in [0.3, 0.4) is 0 Å². The fourth-order valence-corrected chi connectivity index (χ4v) is 4.81. The summed E-state index contributed by atoms with van der Waals surface area (Å²) in [5.74, 6) is -0.203. The molecule has 142 valence electrons. The Balaban J connectivity index is 1.71. The lowest BCUT2D eigenvalue weighted by Crippen LogP contribution is -2.43. The molecule has 0 bridgehead atoms. The molecule has 26 heavy (non-hydrogen) atoms. The van der Waals surface area contributed by atoms with Crippen molar-refractivity contribution in [1.29, 1.82) is 0 Å². The van der Waals surface area contributed by atoms with E-state index in [2.05, 4.69) is 19.6 Å². The highest BCUT2D eigenvalue weighted by atomic mass is 28.3. The van der Waals surface area contributed by atoms with Gasteiger partial charge in [-0.15, -0.1) is 0 Å². The molecule has 0 radical (unpaired) electrons. The van der Waals surface area contributed by atoms with Crippen molar-refractivity contribution >= 4 is 25.8 Å². The van der Waals surface area contributed by atoms with Gasteiger partial charge in [-0.3, -0.25) is 19.3 Å². The normalized spacial score (nSPS) is 13.9. The van der Waals surface area contributed by atoms with Gasteiger partial charge in [0.2, 0.25) is 5.91 Å². The van der Waals surface area contributed by atoms with Gasteiger partial charge < -0.3 is 4.90 Å². The van der Waals surface area contributed by atoms with Gasteiger partial charge in [0.1, 0.15) is 0 Å². The van der Waals surface area contributed by atoms with Crippen LogP contribution in [-0.2, 0) is 4.79 Å². The summed E-state index contributed by atoms with van der Waals surface area (Å²) in [4.78, 5) is 39.7. The first-order valence-corrected chi connectivity index (χ1v) is 13.1. The number of benzene rings is 1. The third-order valence-electron chi connectivity index (χ3n) is 4.55. The van der Waals surface area contributed by atoms with Gasteiger partial charge in [0.25, 0.3) is 11.8 Å². The monoisotopic (exact) mass is 374 g/mol. The van der Waals surface area contributed by atoms with Crippen molar-refractivity contribution in [3.05, 3.63) is 35.4 Å². The highest BCUT2D eigenvalue weighted by Gasteiger charge is 2.34. The highest BCUT2D eigenvalue weighted by molar-refractivity contribution is 6.76. The Morgan fingerprint density at radius 3 is 2.00 bits per heavy atom. The molecule has 0 saturated carbocycles. The van der Waals surface area contributed by atoms with Crippen molar-refractivity contribution in [2.75, 3.05) is 19.3 Å². The number of unbranched alkanes of at least 4 members (excludes halogenated alkanes) is 3. The molecule has 0 aromatic heterocycles. The van der Waals surface area contributed by atoms with Crippen LogP contribution in [-0.4, -0.2) is 54.9 Å². The van der Waals surface area contributed by atoms with Crippen LogP contribution in [0.25, 0.3) is 0 Å². The zero-order chi connectivity index (χ0) is 19.3. The van der Waals surface area contributed by atoms with Crippen LogP contribution in [0.5, 0.6) is 0 Å². The van der Waals surface area contributed by atoms with Crippen molar-refractivity contribution in [3.8, 4) is 0 Å². The van der Waals surface area contributed by atoms with E-state index in [1.165, 1.54) is 4.90 Å². The third kappa shape index (κ3) is 5.27. The zero-order valence-electron chi connectivity index (χ0n) is 16.4. The molecule has 1 heterocycles. The smallest absolute Gasteiger partial charge is 0.261 e. The first-order chi connectivity index (χ1) is 12.2. The molecule has 0 atom stereocenters. The average Bonchev–Trinajstić information content (AvgIpc) is 2.80. The molecule has 0 unspecified atom stereocenters. The minimum Gasteiger partial charge on any atom is -0.346 e. The summed E-state index contributed by atoms with van der Waals surface area (Å²) in [6, 6.07) is 7.00. The topological polar surface area (TPSA) is 57.7 Å². The first kappa shape index (κ1) is 20.4. The Bertz CT molecular complexity index is 647. The molecule has 1 aromatic rings. The van der Waals surface area contributed by atoms with Gasteiger partial charge in [0, 0.05) is 26.2 Å². The fourth-order valence-electron chi connectivity index (χ4n) is 3.29. The van der Waals surface area contributed by atoms with Crippen LogP contribution in [0.2, 0.25) is 19.6 Å². The van der Waals surface area contributed by atoms with Crippen molar-refractivity contribution in [1.82, 2.24) is 9.80 Å². The second kappa shape index (κ2) is 8.62. The van der Waals surface area contributed by atoms with Crippen molar-refractivity contribution in [3.63, 3.8) is 0 Å². The first-order valence-electron chi connectivity index (χ1n) is 9.41. The lowest BCUT2D eigenvalue weighted by atomic mass is 10.1. The van der Waals surface area contributed by atoms with E-state index in [1.807, 2.05) is 4.90 Å². The van der Waals surface area contributed by atoms with Crippen molar-refractivity contribution in [2.45, 2.75) is 52.2 Å². The van der Waals surface area contributed by atoms with E-state index in [4.69, 9.17) is 0 Å². The summed E-state index contributed by atoms with van der Waals surface area (Å²) in [7, 11) is -1.30. The van der Waals surface area contributed by atoms with E-state index < -0.39 is 8.07 Å². The Labute approximate surface area is 157 Å². The second-order valence-corrected chi connectivity index (χ2v) is 13.7. The SMILES string of the molecule is CC(=O)N(CCCCCCN1C(=O)c2ccccc2C1=O)C[Si](C)(C)C. The van der Waals surface area contributed by atoms with Crippen LogP contribution in [0.4, 0.5) is 0 Å². The van der Waals surface area contributed by atoms with Crippen LogP contribution in [0.15, 0.2) is 24.3 Å². The Hall–Kier alpha value is -1.95. The standard InChI is InChI=1S/C20H30N2O3Si/c1-16(23)21(15-26(2,3)4)13-9-5-6-10-14-22-19(24)17-11-7-8-12-18(17)20(22)25/h7-8,11-12H,5-6,9-10,13-15H2,1-4H3. The van der Waals surface area contributed by atoms with E-state index in [0.29, 0.717) is 17.7 Å². The largest absolute Gasteiger partial charge is 0.346 e. The molecule has 0 fully saturated rings. The van der Waals surface area contributed by atoms with Gasteiger partial charge in [-0.2, -0.15) is 0 Å². The quantitative estimate of drug-likeness (QED) is 0.377. The summed E-state index contributed by atoms with van der Waals surface area (Å²) in [6.07, 6.45) is 4.62. The van der Waals surface area contributed by atoms with E-state index in [1.54, 1.807) is 31.2 Å². The van der Waals surface area contributed by atoms with Gasteiger partial charge >= 0.3 is 0 Å². The van der Waals surface area contributed by atoms with E-state index in [0.717, 1.165) is 38.4 Å². The maximum absolute atomic E-state index is 12.3. The third-order valence-corrected chi connectivity index (χ3v) is 5.88. The molecular weight excluding hydrogens is 344 g/mol. The zero-order valence-corrected chi connectivity index (χ0v) is 17.4. The summed E-state index contributed by atoms with van der Waals surface area (Å²) < 4.78 is 0. The molecule has 5 nitrogen and oxygen atoms in total. The summed E-state index contributed by atoms with van der Waals surface area (Å²) >= 11 is 0. The van der Waals surface area contributed by atoms with Crippen LogP contribution >= 0.6 is 0 Å². The molecule has 0 spiro atoms. The van der Waals surface area contributed by atoms with Gasteiger partial charge in [0.05, 0.1) is 19.2 Å². The van der Waals surface area contributed by atoms with E-state index in [-0.39, 0.29) is 17.7 Å². The maximum atomic E-state index is 12.3. The van der Waals surface area contributed by atoms with Crippen LogP contribution in [0.1, 0.15) is 53.3 Å². The molecule has 6 heteroatoms. The number of imide groups is 1. The number of amides is 3. The number of nitrogens with zero attached hydrogens (tertiary/aromatic N) is 2. The molecule has 1 aliphatic heterocycles. The van der Waals surface area contributed by atoms with E-state index in [9.17, 15) is 14.4 Å². The summed E-state index contributed by atoms with van der Waals surface area (Å²) in [6.45, 7) is 9.72. The number of rotatable bonds is 9. The predicted octanol–water partition coefficient (Wildman–Crippen LogP) is 3.57. The average molecular weight is 375 g/mol. The van der Waals surface area contributed by atoms with Crippen molar-refractivity contribution < 1.29 is 14.4 Å². The molecule has 0 aliphatic carbocycles. The molecule has 2 rings (SSSR count). The maximum Gasteiger partial charge on any atom is 0.261 e. The van der Waals surface area contributed by atoms with Gasteiger partial charge in [-0.1, -0.05) is 44.6 Å². The minimum absolute atomic E-state index is 0.151. The molecule has 1 aliphatic rings. The fraction of sp³-hybridized carbons (Fsp3) is 0.550. The summed E-state index contributed by atoms with van der Waals surface area (Å²) in [5.41, 5.74) is 1.03. The molecule has 3 amide bonds. The second-order valence-electron chi connectivity index (χ2n) is 8.22. The summed E-state index contributed by atoms with van der Waals surface area (Å²) in [5, 5.41) is 0. The Morgan fingerprint density at radius 1 is 0.962 bits per heavy atom. The molecule has 1 aromatic carbocycles. The number of hydrogen-bond donors (Lipinski definition) is 0. The lowest BCUT2D eigenvalue weighted by Gasteiger charge is -2.28. The van der Waals surface area contributed by atoms with Gasteiger partial charge in [-0.05, 0) is 25.0 Å². The predicted molar refractivity (Wildman–Crippen MR) is 106 cm³/mol.